The van der Waals surface area contributed by atoms with Crippen LogP contribution in [0.25, 0.3) is 0 Å². The van der Waals surface area contributed by atoms with Crippen molar-refractivity contribution in [2.45, 2.75) is 0 Å². The second-order valence-electron chi connectivity index (χ2n) is 0.405. The molecule has 0 atom stereocenters. The Bertz CT molecular complexity index is 73.4. The van der Waals surface area contributed by atoms with Crippen LogP contribution in [0, 0.1) is 17.9 Å². The van der Waals surface area contributed by atoms with E-state index in [1.54, 1.807) is 0 Å². The third-order valence-corrected chi connectivity index (χ3v) is 0.247. The van der Waals surface area contributed by atoms with Crippen molar-refractivity contribution < 1.29 is 0 Å². The maximum absolute atomic E-state index is 4.83. The molecule has 0 spiro atoms. The largest absolute Gasteiger partial charge is 0.0576 e. The molecule has 1 radical (unpaired) electrons. The molecule has 0 heterocycles. The first kappa shape index (κ1) is 4.59. The number of halogens is 1. The summed E-state index contributed by atoms with van der Waals surface area (Å²) in [5, 5.41) is 2.06. The van der Waals surface area contributed by atoms with Gasteiger partial charge in [0.1, 0.15) is 0 Å². The maximum Gasteiger partial charge on any atom is 0.00889 e. The number of allylic oxidation sites excluding steroid dienone is 1. The third kappa shape index (κ3) is 3.59. The Balaban J connectivity index is 3.16. The summed E-state index contributed by atoms with van der Waals surface area (Å²) in [6, 6.07) is 0. The molecule has 0 saturated heterocycles. The molecule has 1 heteroatoms. The van der Waals surface area contributed by atoms with Gasteiger partial charge in [0.25, 0.3) is 0 Å². The molecule has 0 aromatic heterocycles. The van der Waals surface area contributed by atoms with E-state index < -0.39 is 0 Å². The smallest absolute Gasteiger partial charge is 0.00889 e. The number of hydrogen-bond acceptors (Lipinski definition) is 0. The van der Waals surface area contributed by atoms with Gasteiger partial charge in [0.15, 0.2) is 0 Å². The highest BCUT2D eigenvalue weighted by Crippen LogP contribution is 1.59. The lowest BCUT2D eigenvalue weighted by molar-refractivity contribution is 2.27. The van der Waals surface area contributed by atoms with E-state index in [0.717, 1.165) is 0 Å². The first-order valence-electron chi connectivity index (χ1n) is 1.06. The van der Waals surface area contributed by atoms with Crippen LogP contribution in [0.4, 0.5) is 0 Å². The van der Waals surface area contributed by atoms with Gasteiger partial charge in [-0.2, -0.15) is 0 Å². The van der Waals surface area contributed by atoms with E-state index in [4.69, 9.17) is 18.2 Å². The van der Waals surface area contributed by atoms with Crippen LogP contribution in [0.1, 0.15) is 0 Å². The Morgan fingerprint density at radius 1 is 1.80 bits per heavy atom. The summed E-state index contributed by atoms with van der Waals surface area (Å²) in [4.78, 5) is 0. The van der Waals surface area contributed by atoms with Crippen molar-refractivity contribution in [2.24, 2.45) is 0 Å². The molecule has 0 N–H and O–H groups in total. The van der Waals surface area contributed by atoms with Crippen LogP contribution >= 0.6 is 11.6 Å². The SMILES string of the molecule is [CH]=CC#CCl. The molecule has 0 nitrogen and oxygen atoms in total. The van der Waals surface area contributed by atoms with Gasteiger partial charge >= 0.3 is 0 Å². The van der Waals surface area contributed by atoms with E-state index >= 15 is 0 Å². The van der Waals surface area contributed by atoms with Crippen LogP contribution in [0.5, 0.6) is 0 Å². The lowest BCUT2D eigenvalue weighted by atomic mass is 10.7. The predicted octanol–water partition coefficient (Wildman–Crippen LogP) is 1.18. The van der Waals surface area contributed by atoms with Gasteiger partial charge in [-0.1, -0.05) is 12.5 Å². The van der Waals surface area contributed by atoms with Crippen molar-refractivity contribution >= 4 is 11.6 Å². The standard InChI is InChI=1S/C4H2Cl/c1-2-3-4-5/h1-2H. The normalized spacial score (nSPS) is 4.20. The second kappa shape index (κ2) is 3.59. The summed E-state index contributed by atoms with van der Waals surface area (Å²) in [6.07, 6.45) is 1.19. The van der Waals surface area contributed by atoms with Crippen LogP contribution in [0.2, 0.25) is 0 Å². The topological polar surface area (TPSA) is 0 Å². The fourth-order valence-electron chi connectivity index (χ4n) is 0.0315. The van der Waals surface area contributed by atoms with Gasteiger partial charge < -0.3 is 0 Å². The van der Waals surface area contributed by atoms with Crippen molar-refractivity contribution in [1.82, 2.24) is 0 Å². The summed E-state index contributed by atoms with van der Waals surface area (Å²) < 4.78 is 0. The van der Waals surface area contributed by atoms with Gasteiger partial charge in [-0.3, -0.25) is 0 Å². The molecule has 0 rings (SSSR count). The lowest BCUT2D eigenvalue weighted by Gasteiger charge is -1.44. The minimum Gasteiger partial charge on any atom is -0.0576 e. The van der Waals surface area contributed by atoms with Gasteiger partial charge in [-0.05, 0) is 17.7 Å². The summed E-state index contributed by atoms with van der Waals surface area (Å²) in [5.41, 5.74) is 0. The van der Waals surface area contributed by atoms with Crippen LogP contribution in [-0.4, -0.2) is 0 Å². The summed E-state index contributed by atoms with van der Waals surface area (Å²) in [5.74, 6) is 2.28. The van der Waals surface area contributed by atoms with E-state index in [9.17, 15) is 0 Å². The van der Waals surface area contributed by atoms with E-state index in [0.29, 0.717) is 0 Å². The van der Waals surface area contributed by atoms with Crippen molar-refractivity contribution in [1.29, 1.82) is 0 Å². The number of rotatable bonds is 0. The molecule has 0 fully saturated rings. The lowest BCUT2D eigenvalue weighted by Crippen LogP contribution is -1.31. The quantitative estimate of drug-likeness (QED) is 0.388. The van der Waals surface area contributed by atoms with Crippen LogP contribution in [0.15, 0.2) is 6.08 Å². The molecule has 5 heavy (non-hydrogen) atoms. The Morgan fingerprint density at radius 3 is 2.40 bits per heavy atom. The molecule has 0 aliphatic heterocycles. The van der Waals surface area contributed by atoms with Crippen LogP contribution < -0.4 is 0 Å². The molecule has 25 valence electrons. The van der Waals surface area contributed by atoms with Crippen LogP contribution in [-0.2, 0) is 0 Å². The Morgan fingerprint density at radius 2 is 2.40 bits per heavy atom. The highest BCUT2D eigenvalue weighted by Gasteiger charge is 1.39. The summed E-state index contributed by atoms with van der Waals surface area (Å²) >= 11 is 4.83. The highest BCUT2D eigenvalue weighted by atomic mass is 35.5. The van der Waals surface area contributed by atoms with Crippen molar-refractivity contribution in [3.05, 3.63) is 12.7 Å². The molecule has 0 aromatic rings. The zero-order chi connectivity index (χ0) is 4.12. The molecular weight excluding hydrogens is 83.5 g/mol. The van der Waals surface area contributed by atoms with Gasteiger partial charge in [0.05, 0.1) is 0 Å². The number of hydrogen-bond donors (Lipinski definition) is 0. The molecule has 0 aliphatic rings. The Hall–Kier alpha value is -0.410. The zero-order valence-corrected chi connectivity index (χ0v) is 3.29. The molecule has 0 aromatic carbocycles. The van der Waals surface area contributed by atoms with E-state index in [1.165, 1.54) is 6.08 Å². The van der Waals surface area contributed by atoms with Crippen molar-refractivity contribution in [2.75, 3.05) is 0 Å². The van der Waals surface area contributed by atoms with Gasteiger partial charge in [-0.25, -0.2) is 0 Å². The Kier molecular flexibility index (Phi) is 3.30. The molecule has 0 bridgehead atoms. The van der Waals surface area contributed by atoms with Crippen molar-refractivity contribution in [3.8, 4) is 11.3 Å². The average Bonchev–Trinajstić information content (AvgIpc) is 1.41. The molecule has 0 saturated carbocycles. The predicted molar refractivity (Wildman–Crippen MR) is 22.5 cm³/mol. The Labute approximate surface area is 36.4 Å². The molecular formula is C4H2Cl. The highest BCUT2D eigenvalue weighted by molar-refractivity contribution is 6.30. The van der Waals surface area contributed by atoms with Crippen LogP contribution in [0.3, 0.4) is 0 Å². The summed E-state index contributed by atoms with van der Waals surface area (Å²) in [6.45, 7) is 4.76. The van der Waals surface area contributed by atoms with E-state index in [-0.39, 0.29) is 0 Å². The fourth-order valence-corrected chi connectivity index (χ4v) is 0.0945. The summed E-state index contributed by atoms with van der Waals surface area (Å²) in [7, 11) is 0. The first-order valence-corrected chi connectivity index (χ1v) is 1.44. The second-order valence-corrected chi connectivity index (χ2v) is 0.594. The van der Waals surface area contributed by atoms with E-state index in [2.05, 4.69) is 11.3 Å². The maximum atomic E-state index is 4.83. The van der Waals surface area contributed by atoms with Gasteiger partial charge in [0.2, 0.25) is 0 Å². The minimum atomic E-state index is 1.19. The monoisotopic (exact) mass is 85.0 g/mol. The fraction of sp³-hybridized carbons (Fsp3) is 0. The zero-order valence-electron chi connectivity index (χ0n) is 2.53. The van der Waals surface area contributed by atoms with E-state index in [1.807, 2.05) is 0 Å². The first-order chi connectivity index (χ1) is 2.41. The third-order valence-electron chi connectivity index (χ3n) is 0.138. The average molecular weight is 85.5 g/mol. The molecule has 0 unspecified atom stereocenters. The van der Waals surface area contributed by atoms with Gasteiger partial charge in [-0.15, -0.1) is 0 Å². The molecule has 0 aliphatic carbocycles. The molecule has 0 amide bonds. The van der Waals surface area contributed by atoms with Crippen molar-refractivity contribution in [3.63, 3.8) is 0 Å². The minimum absolute atomic E-state index is 1.19. The van der Waals surface area contributed by atoms with Gasteiger partial charge in [0, 0.05) is 5.38 Å².